The first kappa shape index (κ1) is 11.6. The van der Waals surface area contributed by atoms with Gasteiger partial charge in [-0.05, 0) is 46.3 Å². The number of benzene rings is 1. The van der Waals surface area contributed by atoms with Gasteiger partial charge in [-0.2, -0.15) is 0 Å². The van der Waals surface area contributed by atoms with E-state index in [9.17, 15) is 4.79 Å². The molecule has 3 nitrogen and oxygen atoms in total. The van der Waals surface area contributed by atoms with E-state index in [4.69, 9.17) is 23.8 Å². The second-order valence-corrected chi connectivity index (χ2v) is 4.75. The highest BCUT2D eigenvalue weighted by molar-refractivity contribution is 9.10. The van der Waals surface area contributed by atoms with E-state index in [1.165, 1.54) is 6.07 Å². The molecule has 0 spiro atoms. The predicted octanol–water partition coefficient (Wildman–Crippen LogP) is 3.31. The summed E-state index contributed by atoms with van der Waals surface area (Å²) in [7, 11) is 0. The van der Waals surface area contributed by atoms with Gasteiger partial charge in [0.15, 0.2) is 4.77 Å². The highest BCUT2D eigenvalue weighted by Crippen LogP contribution is 2.24. The van der Waals surface area contributed by atoms with Crippen molar-refractivity contribution in [2.75, 3.05) is 0 Å². The number of rotatable bonds is 1. The van der Waals surface area contributed by atoms with Crippen molar-refractivity contribution in [2.45, 2.75) is 0 Å². The van der Waals surface area contributed by atoms with Crippen LogP contribution in [0.15, 0.2) is 39.7 Å². The van der Waals surface area contributed by atoms with Crippen LogP contribution in [0.1, 0.15) is 0 Å². The molecule has 0 aliphatic rings. The molecule has 0 saturated heterocycles. The van der Waals surface area contributed by atoms with E-state index < -0.39 is 0 Å². The van der Waals surface area contributed by atoms with Crippen LogP contribution in [0.2, 0.25) is 5.02 Å². The number of H-pyrrole nitrogens is 1. The minimum Gasteiger partial charge on any atom is -0.299 e. The average Bonchev–Trinajstić information content (AvgIpc) is 2.19. The van der Waals surface area contributed by atoms with E-state index in [0.29, 0.717) is 9.79 Å². The van der Waals surface area contributed by atoms with E-state index in [1.54, 1.807) is 22.9 Å². The van der Waals surface area contributed by atoms with Crippen molar-refractivity contribution in [3.63, 3.8) is 0 Å². The molecule has 0 amide bonds. The van der Waals surface area contributed by atoms with Crippen molar-refractivity contribution in [1.82, 2.24) is 9.55 Å². The fourth-order valence-corrected chi connectivity index (χ4v) is 2.42. The third-order valence-electron chi connectivity index (χ3n) is 1.99. The minimum atomic E-state index is -0.216. The molecule has 0 aliphatic heterocycles. The fraction of sp³-hybridized carbons (Fsp3) is 0. The van der Waals surface area contributed by atoms with Crippen molar-refractivity contribution in [2.24, 2.45) is 0 Å². The first-order valence-corrected chi connectivity index (χ1v) is 5.93. The Labute approximate surface area is 110 Å². The minimum absolute atomic E-state index is 0.216. The maximum atomic E-state index is 11.0. The maximum Gasteiger partial charge on any atom is 0.251 e. The lowest BCUT2D eigenvalue weighted by Crippen LogP contribution is -2.10. The number of halogens is 2. The van der Waals surface area contributed by atoms with Crippen LogP contribution in [0.3, 0.4) is 0 Å². The van der Waals surface area contributed by atoms with E-state index >= 15 is 0 Å². The zero-order valence-electron chi connectivity index (χ0n) is 7.91. The van der Waals surface area contributed by atoms with Crippen LogP contribution < -0.4 is 5.56 Å². The molecule has 0 bridgehead atoms. The second kappa shape index (κ2) is 4.53. The van der Waals surface area contributed by atoms with Gasteiger partial charge in [0.2, 0.25) is 0 Å². The van der Waals surface area contributed by atoms with Crippen LogP contribution >= 0.6 is 39.7 Å². The molecule has 2 aromatic rings. The van der Waals surface area contributed by atoms with Crippen LogP contribution in [0.5, 0.6) is 0 Å². The Morgan fingerprint density at radius 1 is 1.38 bits per heavy atom. The lowest BCUT2D eigenvalue weighted by Gasteiger charge is -2.08. The standard InChI is InChI=1S/C10H6BrClN2OS/c11-7-5-6(12)1-2-8(7)14-4-3-9(15)13-10(14)16/h1-5H,(H,13,15,16). The SMILES string of the molecule is O=c1ccn(-c2ccc(Cl)cc2Br)c(=S)[nH]1. The van der Waals surface area contributed by atoms with E-state index in [0.717, 1.165) is 10.2 Å². The van der Waals surface area contributed by atoms with Crippen molar-refractivity contribution in [3.8, 4) is 5.69 Å². The Bertz CT molecular complexity index is 650. The van der Waals surface area contributed by atoms with Crippen molar-refractivity contribution in [1.29, 1.82) is 0 Å². The maximum absolute atomic E-state index is 11.0. The number of hydrogen-bond donors (Lipinski definition) is 1. The zero-order chi connectivity index (χ0) is 11.7. The smallest absolute Gasteiger partial charge is 0.251 e. The summed E-state index contributed by atoms with van der Waals surface area (Å²) < 4.78 is 2.84. The molecule has 1 aromatic carbocycles. The van der Waals surface area contributed by atoms with Gasteiger partial charge in [-0.3, -0.25) is 14.3 Å². The highest BCUT2D eigenvalue weighted by atomic mass is 79.9. The molecule has 0 radical (unpaired) electrons. The van der Waals surface area contributed by atoms with Gasteiger partial charge in [-0.15, -0.1) is 0 Å². The first-order valence-electron chi connectivity index (χ1n) is 4.35. The molecule has 0 saturated carbocycles. The lowest BCUT2D eigenvalue weighted by atomic mass is 10.3. The van der Waals surface area contributed by atoms with Gasteiger partial charge in [0.1, 0.15) is 0 Å². The van der Waals surface area contributed by atoms with Crippen molar-refractivity contribution < 1.29 is 0 Å². The molecule has 0 aliphatic carbocycles. The number of nitrogens with one attached hydrogen (secondary N) is 1. The quantitative estimate of drug-likeness (QED) is 0.819. The molecule has 82 valence electrons. The van der Waals surface area contributed by atoms with Crippen molar-refractivity contribution >= 4 is 39.7 Å². The lowest BCUT2D eigenvalue weighted by molar-refractivity contribution is 0.933. The number of aromatic amines is 1. The molecule has 1 N–H and O–H groups in total. The van der Waals surface area contributed by atoms with Gasteiger partial charge >= 0.3 is 0 Å². The zero-order valence-corrected chi connectivity index (χ0v) is 11.1. The average molecular weight is 318 g/mol. The second-order valence-electron chi connectivity index (χ2n) is 3.08. The summed E-state index contributed by atoms with van der Waals surface area (Å²) in [5, 5.41) is 0.631. The van der Waals surface area contributed by atoms with Gasteiger partial charge < -0.3 is 0 Å². The molecule has 0 atom stereocenters. The number of nitrogens with zero attached hydrogens (tertiary/aromatic N) is 1. The third kappa shape index (κ3) is 2.26. The topological polar surface area (TPSA) is 37.8 Å². The van der Waals surface area contributed by atoms with Gasteiger partial charge in [0, 0.05) is 21.8 Å². The molecular formula is C10H6BrClN2OS. The Morgan fingerprint density at radius 2 is 2.12 bits per heavy atom. The summed E-state index contributed by atoms with van der Waals surface area (Å²) in [6.45, 7) is 0. The van der Waals surface area contributed by atoms with Crippen LogP contribution in [0.4, 0.5) is 0 Å². The van der Waals surface area contributed by atoms with E-state index in [2.05, 4.69) is 20.9 Å². The van der Waals surface area contributed by atoms with Gasteiger partial charge in [0.25, 0.3) is 5.56 Å². The molecule has 6 heteroatoms. The molecule has 0 fully saturated rings. The molecule has 1 aromatic heterocycles. The molecular weight excluding hydrogens is 312 g/mol. The molecule has 16 heavy (non-hydrogen) atoms. The third-order valence-corrected chi connectivity index (χ3v) is 3.16. The van der Waals surface area contributed by atoms with Crippen LogP contribution in [-0.4, -0.2) is 9.55 Å². The first-order chi connectivity index (χ1) is 7.58. The molecule has 0 unspecified atom stereocenters. The number of hydrogen-bond acceptors (Lipinski definition) is 2. The summed E-state index contributed by atoms with van der Waals surface area (Å²) in [5.74, 6) is 0. The normalized spacial score (nSPS) is 10.4. The highest BCUT2D eigenvalue weighted by Gasteiger charge is 2.03. The summed E-state index contributed by atoms with van der Waals surface area (Å²) >= 11 is 14.3. The van der Waals surface area contributed by atoms with Gasteiger partial charge in [-0.1, -0.05) is 11.6 Å². The van der Waals surface area contributed by atoms with E-state index in [-0.39, 0.29) is 5.56 Å². The van der Waals surface area contributed by atoms with Crippen LogP contribution in [0.25, 0.3) is 5.69 Å². The Morgan fingerprint density at radius 3 is 2.75 bits per heavy atom. The fourth-order valence-electron chi connectivity index (χ4n) is 1.28. The Hall–Kier alpha value is -0.910. The number of aromatic nitrogens is 2. The van der Waals surface area contributed by atoms with Crippen molar-refractivity contribution in [3.05, 3.63) is 55.1 Å². The Balaban J connectivity index is 2.68. The molecule has 2 rings (SSSR count). The largest absolute Gasteiger partial charge is 0.299 e. The van der Waals surface area contributed by atoms with Gasteiger partial charge in [0.05, 0.1) is 5.69 Å². The summed E-state index contributed by atoms with van der Waals surface area (Å²) in [6, 6.07) is 6.76. The summed E-state index contributed by atoms with van der Waals surface area (Å²) in [6.07, 6.45) is 1.62. The Kier molecular flexibility index (Phi) is 3.28. The van der Waals surface area contributed by atoms with E-state index in [1.807, 2.05) is 6.07 Å². The monoisotopic (exact) mass is 316 g/mol. The molecule has 1 heterocycles. The summed E-state index contributed by atoms with van der Waals surface area (Å²) in [4.78, 5) is 13.6. The van der Waals surface area contributed by atoms with Gasteiger partial charge in [-0.25, -0.2) is 0 Å². The predicted molar refractivity (Wildman–Crippen MR) is 69.9 cm³/mol. The van der Waals surface area contributed by atoms with Crippen LogP contribution in [0, 0.1) is 4.77 Å². The van der Waals surface area contributed by atoms with Crippen LogP contribution in [-0.2, 0) is 0 Å². The summed E-state index contributed by atoms with van der Waals surface area (Å²) in [5.41, 5.74) is 0.608.